The largest absolute Gasteiger partial charge is 0.480 e. The summed E-state index contributed by atoms with van der Waals surface area (Å²) in [5.74, 6) is -0.836. The Morgan fingerprint density at radius 2 is 1.50 bits per heavy atom. The minimum Gasteiger partial charge on any atom is -0.480 e. The first-order valence-corrected chi connectivity index (χ1v) is 6.09. The maximum absolute atomic E-state index is 11.4. The van der Waals surface area contributed by atoms with Crippen molar-refractivity contribution in [1.82, 2.24) is 5.32 Å². The van der Waals surface area contributed by atoms with Gasteiger partial charge < -0.3 is 10.2 Å². The number of hydrogen-bond acceptors (Lipinski definition) is 3. The molecule has 0 spiro atoms. The Labute approximate surface area is 98.1 Å². The van der Waals surface area contributed by atoms with Crippen LogP contribution in [0.25, 0.3) is 0 Å². The maximum Gasteiger partial charge on any atom is 0.323 e. The van der Waals surface area contributed by atoms with Crippen LogP contribution >= 0.6 is 0 Å². The van der Waals surface area contributed by atoms with Crippen LogP contribution in [0.5, 0.6) is 0 Å². The van der Waals surface area contributed by atoms with Gasteiger partial charge in [-0.25, -0.2) is 0 Å². The van der Waals surface area contributed by atoms with Crippen molar-refractivity contribution in [3.8, 4) is 0 Å². The molecule has 0 fully saturated rings. The van der Waals surface area contributed by atoms with E-state index in [1.54, 1.807) is 0 Å². The summed E-state index contributed by atoms with van der Waals surface area (Å²) in [6.07, 6.45) is 2.46. The van der Waals surface area contributed by atoms with E-state index in [9.17, 15) is 15.0 Å². The van der Waals surface area contributed by atoms with Gasteiger partial charge >= 0.3 is 5.97 Å². The number of hydrogen-bond donors (Lipinski definition) is 3. The SMILES string of the molecule is CCC(CC)(CO)NC(CC)(CC)C(=O)O. The number of nitrogens with one attached hydrogen (secondary N) is 1. The molecule has 0 amide bonds. The highest BCUT2D eigenvalue weighted by Gasteiger charge is 2.41. The van der Waals surface area contributed by atoms with E-state index in [-0.39, 0.29) is 6.61 Å². The molecule has 0 saturated heterocycles. The van der Waals surface area contributed by atoms with E-state index in [4.69, 9.17) is 0 Å². The molecule has 0 aromatic carbocycles. The molecule has 3 N–H and O–H groups in total. The molecular weight excluding hydrogens is 206 g/mol. The Morgan fingerprint density at radius 3 is 1.69 bits per heavy atom. The lowest BCUT2D eigenvalue weighted by molar-refractivity contribution is -0.146. The first-order valence-electron chi connectivity index (χ1n) is 6.09. The van der Waals surface area contributed by atoms with Crippen LogP contribution in [0.15, 0.2) is 0 Å². The number of aliphatic carboxylic acids is 1. The first kappa shape index (κ1) is 15.4. The van der Waals surface area contributed by atoms with E-state index in [0.717, 1.165) is 12.8 Å². The van der Waals surface area contributed by atoms with E-state index in [1.165, 1.54) is 0 Å². The lowest BCUT2D eigenvalue weighted by atomic mass is 9.85. The zero-order chi connectivity index (χ0) is 12.8. The van der Waals surface area contributed by atoms with Crippen molar-refractivity contribution in [3.05, 3.63) is 0 Å². The molecule has 0 aliphatic rings. The molecule has 0 atom stereocenters. The molecular formula is C12H25NO3. The van der Waals surface area contributed by atoms with Crippen LogP contribution < -0.4 is 5.32 Å². The van der Waals surface area contributed by atoms with Crippen LogP contribution in [0.4, 0.5) is 0 Å². The standard InChI is InChI=1S/C12H25NO3/c1-5-11(6-2,9-14)13-12(7-3,8-4)10(15)16/h13-14H,5-9H2,1-4H3,(H,15,16). The average molecular weight is 231 g/mol. The highest BCUT2D eigenvalue weighted by atomic mass is 16.4. The fraction of sp³-hybridized carbons (Fsp3) is 0.917. The summed E-state index contributed by atoms with van der Waals surface area (Å²) < 4.78 is 0. The van der Waals surface area contributed by atoms with Gasteiger partial charge in [0.25, 0.3) is 0 Å². The van der Waals surface area contributed by atoms with Gasteiger partial charge in [0.1, 0.15) is 5.54 Å². The van der Waals surface area contributed by atoms with Crippen LogP contribution in [0.1, 0.15) is 53.4 Å². The van der Waals surface area contributed by atoms with Gasteiger partial charge in [-0.3, -0.25) is 10.1 Å². The summed E-state index contributed by atoms with van der Waals surface area (Å²) in [5, 5.41) is 22.0. The first-order chi connectivity index (χ1) is 7.45. The van der Waals surface area contributed by atoms with E-state index in [1.807, 2.05) is 27.7 Å². The number of aliphatic hydroxyl groups excluding tert-OH is 1. The summed E-state index contributed by atoms with van der Waals surface area (Å²) in [6, 6.07) is 0. The third-order valence-electron chi connectivity index (χ3n) is 3.78. The van der Waals surface area contributed by atoms with Crippen LogP contribution in [-0.2, 0) is 4.79 Å². The van der Waals surface area contributed by atoms with E-state index >= 15 is 0 Å². The van der Waals surface area contributed by atoms with Crippen molar-refractivity contribution in [1.29, 1.82) is 0 Å². The smallest absolute Gasteiger partial charge is 0.323 e. The number of carboxylic acids is 1. The number of carboxylic acid groups (broad SMARTS) is 1. The van der Waals surface area contributed by atoms with Gasteiger partial charge in [0.2, 0.25) is 0 Å². The van der Waals surface area contributed by atoms with Crippen molar-refractivity contribution in [2.75, 3.05) is 6.61 Å². The summed E-state index contributed by atoms with van der Waals surface area (Å²) in [7, 11) is 0. The summed E-state index contributed by atoms with van der Waals surface area (Å²) in [4.78, 5) is 11.4. The van der Waals surface area contributed by atoms with E-state index < -0.39 is 17.0 Å². The summed E-state index contributed by atoms with van der Waals surface area (Å²) in [6.45, 7) is 7.61. The van der Waals surface area contributed by atoms with Crippen molar-refractivity contribution >= 4 is 5.97 Å². The zero-order valence-corrected chi connectivity index (χ0v) is 10.8. The molecule has 0 bridgehead atoms. The Hall–Kier alpha value is -0.610. The second kappa shape index (κ2) is 6.21. The molecule has 0 unspecified atom stereocenters. The van der Waals surface area contributed by atoms with Gasteiger partial charge in [-0.1, -0.05) is 27.7 Å². The number of carbonyl (C=O) groups is 1. The van der Waals surface area contributed by atoms with Gasteiger partial charge in [0.15, 0.2) is 0 Å². The van der Waals surface area contributed by atoms with Crippen LogP contribution in [-0.4, -0.2) is 33.9 Å². The lowest BCUT2D eigenvalue weighted by Gasteiger charge is -2.40. The highest BCUT2D eigenvalue weighted by Crippen LogP contribution is 2.24. The van der Waals surface area contributed by atoms with Gasteiger partial charge in [0.05, 0.1) is 6.61 Å². The molecule has 4 heteroatoms. The summed E-state index contributed by atoms with van der Waals surface area (Å²) in [5.41, 5.74) is -1.40. The Balaban J connectivity index is 5.05. The van der Waals surface area contributed by atoms with E-state index in [2.05, 4.69) is 5.32 Å². The highest BCUT2D eigenvalue weighted by molar-refractivity contribution is 5.78. The fourth-order valence-electron chi connectivity index (χ4n) is 1.98. The Kier molecular flexibility index (Phi) is 5.97. The van der Waals surface area contributed by atoms with Gasteiger partial charge in [-0.2, -0.15) is 0 Å². The maximum atomic E-state index is 11.4. The van der Waals surface area contributed by atoms with Crippen LogP contribution in [0.2, 0.25) is 0 Å². The number of aliphatic hydroxyl groups is 1. The molecule has 0 aromatic heterocycles. The monoisotopic (exact) mass is 231 g/mol. The van der Waals surface area contributed by atoms with E-state index in [0.29, 0.717) is 12.8 Å². The van der Waals surface area contributed by atoms with Crippen LogP contribution in [0, 0.1) is 0 Å². The molecule has 16 heavy (non-hydrogen) atoms. The molecule has 0 rings (SSSR count). The van der Waals surface area contributed by atoms with Gasteiger partial charge in [0, 0.05) is 5.54 Å². The molecule has 96 valence electrons. The predicted octanol–water partition coefficient (Wildman–Crippen LogP) is 1.77. The normalized spacial score (nSPS) is 12.8. The second-order valence-corrected chi connectivity index (χ2v) is 4.36. The Bertz CT molecular complexity index is 212. The average Bonchev–Trinajstić information content (AvgIpc) is 2.32. The molecule has 0 saturated carbocycles. The van der Waals surface area contributed by atoms with Gasteiger partial charge in [-0.15, -0.1) is 0 Å². The molecule has 4 nitrogen and oxygen atoms in total. The molecule has 0 aliphatic carbocycles. The minimum atomic E-state index is -0.922. The van der Waals surface area contributed by atoms with Crippen molar-refractivity contribution < 1.29 is 15.0 Å². The minimum absolute atomic E-state index is 0.0327. The van der Waals surface area contributed by atoms with Crippen molar-refractivity contribution in [3.63, 3.8) is 0 Å². The number of rotatable bonds is 8. The quantitative estimate of drug-likeness (QED) is 0.595. The predicted molar refractivity (Wildman–Crippen MR) is 64.5 cm³/mol. The molecule has 0 heterocycles. The van der Waals surface area contributed by atoms with Gasteiger partial charge in [-0.05, 0) is 25.7 Å². The topological polar surface area (TPSA) is 69.6 Å². The summed E-state index contributed by atoms with van der Waals surface area (Å²) >= 11 is 0. The second-order valence-electron chi connectivity index (χ2n) is 4.36. The molecule has 0 aromatic rings. The van der Waals surface area contributed by atoms with Crippen molar-refractivity contribution in [2.45, 2.75) is 64.5 Å². The van der Waals surface area contributed by atoms with Crippen LogP contribution in [0.3, 0.4) is 0 Å². The van der Waals surface area contributed by atoms with Crippen molar-refractivity contribution in [2.24, 2.45) is 0 Å². The molecule has 0 aliphatic heterocycles. The third-order valence-corrected chi connectivity index (χ3v) is 3.78. The fourth-order valence-corrected chi connectivity index (χ4v) is 1.98. The molecule has 0 radical (unpaired) electrons. The lowest BCUT2D eigenvalue weighted by Crippen LogP contribution is -2.62. The zero-order valence-electron chi connectivity index (χ0n) is 10.8. The Morgan fingerprint density at radius 1 is 1.06 bits per heavy atom. The third kappa shape index (κ3) is 2.95.